The molecular weight excluding hydrogens is 368 g/mol. The predicted molar refractivity (Wildman–Crippen MR) is 112 cm³/mol. The molecule has 3 rings (SSSR count). The Bertz CT molecular complexity index is 881. The Balaban J connectivity index is 1.77. The third kappa shape index (κ3) is 4.70. The number of anilines is 1. The number of rotatable bonds is 9. The molecule has 0 radical (unpaired) electrons. The average molecular weight is 396 g/mol. The van der Waals surface area contributed by atoms with Crippen LogP contribution in [0.3, 0.4) is 0 Å². The van der Waals surface area contributed by atoms with Crippen molar-refractivity contribution in [1.82, 2.24) is 5.32 Å². The maximum absolute atomic E-state index is 13.0. The summed E-state index contributed by atoms with van der Waals surface area (Å²) in [4.78, 5) is 26.4. The second-order valence-electron chi connectivity index (χ2n) is 7.12. The molecule has 6 nitrogen and oxygen atoms in total. The van der Waals surface area contributed by atoms with E-state index in [0.717, 1.165) is 30.5 Å². The number of carbonyl (C=O) groups excluding carboxylic acids is 2. The third-order valence-electron chi connectivity index (χ3n) is 5.01. The largest absolute Gasteiger partial charge is 0.493 e. The number of benzene rings is 2. The van der Waals surface area contributed by atoms with E-state index in [0.29, 0.717) is 24.7 Å². The zero-order chi connectivity index (χ0) is 20.8. The maximum atomic E-state index is 13.0. The second-order valence-corrected chi connectivity index (χ2v) is 7.12. The maximum Gasteiger partial charge on any atom is 0.254 e. The first-order valence-electron chi connectivity index (χ1n) is 10.0. The van der Waals surface area contributed by atoms with Crippen LogP contribution in [0.1, 0.15) is 43.9 Å². The third-order valence-corrected chi connectivity index (χ3v) is 5.01. The van der Waals surface area contributed by atoms with E-state index in [2.05, 4.69) is 18.3 Å². The van der Waals surface area contributed by atoms with Crippen LogP contribution in [0.4, 0.5) is 5.69 Å². The van der Waals surface area contributed by atoms with Gasteiger partial charge in [0.25, 0.3) is 5.91 Å². The van der Waals surface area contributed by atoms with Crippen molar-refractivity contribution in [3.05, 3.63) is 53.6 Å². The van der Waals surface area contributed by atoms with E-state index in [1.807, 2.05) is 36.4 Å². The van der Waals surface area contributed by atoms with Crippen LogP contribution in [-0.2, 0) is 16.0 Å². The summed E-state index contributed by atoms with van der Waals surface area (Å²) in [6.45, 7) is 4.28. The standard InChI is InChI=1S/C23H28N2O4/c1-4-5-8-17-11-12-19-18(15-17)22(24-16(2)26)23(27)25(19)13-14-29-21-10-7-6-9-20(21)28-3/h6-7,9-12,15,22H,4-5,8,13-14H2,1-3H3,(H,24,26)/t22-/m0/s1. The molecule has 1 aliphatic heterocycles. The van der Waals surface area contributed by atoms with E-state index in [-0.39, 0.29) is 11.8 Å². The topological polar surface area (TPSA) is 67.9 Å². The van der Waals surface area contributed by atoms with Crippen LogP contribution in [-0.4, -0.2) is 32.1 Å². The van der Waals surface area contributed by atoms with Gasteiger partial charge in [-0.25, -0.2) is 0 Å². The molecule has 1 N–H and O–H groups in total. The second kappa shape index (κ2) is 9.45. The summed E-state index contributed by atoms with van der Waals surface area (Å²) < 4.78 is 11.1. The molecule has 2 amide bonds. The smallest absolute Gasteiger partial charge is 0.254 e. The van der Waals surface area contributed by atoms with Crippen molar-refractivity contribution in [3.63, 3.8) is 0 Å². The van der Waals surface area contributed by atoms with Crippen LogP contribution in [0.2, 0.25) is 0 Å². The van der Waals surface area contributed by atoms with Crippen molar-refractivity contribution in [2.24, 2.45) is 0 Å². The lowest BCUT2D eigenvalue weighted by molar-refractivity contribution is -0.126. The van der Waals surface area contributed by atoms with Crippen molar-refractivity contribution < 1.29 is 19.1 Å². The number of amides is 2. The monoisotopic (exact) mass is 396 g/mol. The molecule has 0 aliphatic carbocycles. The molecule has 1 atom stereocenters. The average Bonchev–Trinajstić information content (AvgIpc) is 2.97. The molecule has 1 heterocycles. The van der Waals surface area contributed by atoms with Gasteiger partial charge >= 0.3 is 0 Å². The fourth-order valence-corrected chi connectivity index (χ4v) is 3.58. The van der Waals surface area contributed by atoms with Gasteiger partial charge in [0, 0.05) is 18.2 Å². The molecule has 0 unspecified atom stereocenters. The van der Waals surface area contributed by atoms with Gasteiger partial charge in [0.15, 0.2) is 11.5 Å². The van der Waals surface area contributed by atoms with Gasteiger partial charge in [0.1, 0.15) is 12.6 Å². The zero-order valence-electron chi connectivity index (χ0n) is 17.2. The zero-order valence-corrected chi connectivity index (χ0v) is 17.2. The van der Waals surface area contributed by atoms with Crippen molar-refractivity contribution in [3.8, 4) is 11.5 Å². The molecule has 6 heteroatoms. The van der Waals surface area contributed by atoms with Gasteiger partial charge in [-0.15, -0.1) is 0 Å². The molecule has 1 aliphatic rings. The normalized spacial score (nSPS) is 15.2. The van der Waals surface area contributed by atoms with Gasteiger partial charge in [-0.1, -0.05) is 37.6 Å². The molecule has 0 aromatic heterocycles. The molecule has 29 heavy (non-hydrogen) atoms. The molecule has 2 aromatic rings. The van der Waals surface area contributed by atoms with Gasteiger partial charge in [-0.2, -0.15) is 0 Å². The summed E-state index contributed by atoms with van der Waals surface area (Å²) >= 11 is 0. The molecule has 0 bridgehead atoms. The minimum Gasteiger partial charge on any atom is -0.493 e. The number of hydrogen-bond donors (Lipinski definition) is 1. The summed E-state index contributed by atoms with van der Waals surface area (Å²) in [5, 5.41) is 2.80. The van der Waals surface area contributed by atoms with E-state index in [4.69, 9.17) is 9.47 Å². The number of carbonyl (C=O) groups is 2. The van der Waals surface area contributed by atoms with Crippen molar-refractivity contribution in [2.45, 2.75) is 39.2 Å². The molecule has 0 spiro atoms. The van der Waals surface area contributed by atoms with E-state index >= 15 is 0 Å². The Morgan fingerprint density at radius 1 is 1.17 bits per heavy atom. The number of para-hydroxylation sites is 2. The first-order chi connectivity index (χ1) is 14.0. The van der Waals surface area contributed by atoms with E-state index in [9.17, 15) is 9.59 Å². The first kappa shape index (κ1) is 20.7. The van der Waals surface area contributed by atoms with Gasteiger partial charge in [0.05, 0.1) is 13.7 Å². The fourth-order valence-electron chi connectivity index (χ4n) is 3.58. The Kier molecular flexibility index (Phi) is 6.75. The number of ether oxygens (including phenoxy) is 2. The number of hydrogen-bond acceptors (Lipinski definition) is 4. The highest BCUT2D eigenvalue weighted by atomic mass is 16.5. The number of nitrogens with zero attached hydrogens (tertiary/aromatic N) is 1. The number of fused-ring (bicyclic) bond motifs is 1. The van der Waals surface area contributed by atoms with Crippen LogP contribution in [0.15, 0.2) is 42.5 Å². The van der Waals surface area contributed by atoms with Crippen LogP contribution >= 0.6 is 0 Å². The highest BCUT2D eigenvalue weighted by molar-refractivity contribution is 6.06. The van der Waals surface area contributed by atoms with Crippen molar-refractivity contribution in [1.29, 1.82) is 0 Å². The van der Waals surface area contributed by atoms with Crippen molar-refractivity contribution in [2.75, 3.05) is 25.2 Å². The predicted octanol–water partition coefficient (Wildman–Crippen LogP) is 3.64. The molecule has 2 aromatic carbocycles. The Morgan fingerprint density at radius 2 is 1.93 bits per heavy atom. The number of unbranched alkanes of at least 4 members (excludes halogenated alkanes) is 1. The summed E-state index contributed by atoms with van der Waals surface area (Å²) in [5.74, 6) is 0.930. The lowest BCUT2D eigenvalue weighted by Crippen LogP contribution is -2.38. The lowest BCUT2D eigenvalue weighted by atomic mass is 10.0. The quantitative estimate of drug-likeness (QED) is 0.703. The van der Waals surface area contributed by atoms with Crippen molar-refractivity contribution >= 4 is 17.5 Å². The molecule has 0 saturated carbocycles. The van der Waals surface area contributed by atoms with E-state index in [1.54, 1.807) is 12.0 Å². The van der Waals surface area contributed by atoms with Gasteiger partial charge < -0.3 is 19.7 Å². The van der Waals surface area contributed by atoms with Gasteiger partial charge in [-0.3, -0.25) is 9.59 Å². The lowest BCUT2D eigenvalue weighted by Gasteiger charge is -2.19. The minimum absolute atomic E-state index is 0.133. The van der Waals surface area contributed by atoms with Crippen LogP contribution < -0.4 is 19.7 Å². The van der Waals surface area contributed by atoms with Crippen LogP contribution in [0, 0.1) is 0 Å². The first-order valence-corrected chi connectivity index (χ1v) is 10.0. The summed E-state index contributed by atoms with van der Waals surface area (Å²) in [7, 11) is 1.59. The Hall–Kier alpha value is -3.02. The van der Waals surface area contributed by atoms with E-state index < -0.39 is 6.04 Å². The van der Waals surface area contributed by atoms with Crippen LogP contribution in [0.25, 0.3) is 0 Å². The SMILES string of the molecule is CCCCc1ccc2c(c1)[C@H](NC(C)=O)C(=O)N2CCOc1ccccc1OC. The molecule has 0 saturated heterocycles. The summed E-state index contributed by atoms with van der Waals surface area (Å²) in [5.41, 5.74) is 2.87. The number of aryl methyl sites for hydroxylation is 1. The fraction of sp³-hybridized carbons (Fsp3) is 0.391. The van der Waals surface area contributed by atoms with Gasteiger partial charge in [0.2, 0.25) is 5.91 Å². The highest BCUT2D eigenvalue weighted by Gasteiger charge is 2.37. The molecule has 154 valence electrons. The minimum atomic E-state index is -0.643. The van der Waals surface area contributed by atoms with E-state index in [1.165, 1.54) is 12.5 Å². The molecular formula is C23H28N2O4. The number of methoxy groups -OCH3 is 1. The van der Waals surface area contributed by atoms with Crippen LogP contribution in [0.5, 0.6) is 11.5 Å². The summed E-state index contributed by atoms with van der Waals surface area (Å²) in [6.07, 6.45) is 3.16. The number of nitrogens with one attached hydrogen (secondary N) is 1. The molecule has 0 fully saturated rings. The summed E-state index contributed by atoms with van der Waals surface area (Å²) in [6, 6.07) is 12.9. The van der Waals surface area contributed by atoms with Gasteiger partial charge in [-0.05, 0) is 36.6 Å². The Labute approximate surface area is 171 Å². The Morgan fingerprint density at radius 3 is 2.62 bits per heavy atom. The highest BCUT2D eigenvalue weighted by Crippen LogP contribution is 2.37.